The van der Waals surface area contributed by atoms with Crippen LogP contribution in [0, 0.1) is 12.7 Å². The topological polar surface area (TPSA) is 79.3 Å². The Morgan fingerprint density at radius 2 is 1.91 bits per heavy atom. The first kappa shape index (κ1) is 19.9. The Hall–Kier alpha value is -3.72. The number of morpholine rings is 1. The van der Waals surface area contributed by atoms with E-state index in [0.717, 1.165) is 41.1 Å². The SMILES string of the molecule is Cc1c2c(nn1C)C(=O)N(c1ccc3[nH]cnc3c1)C2c1ccc(N2CCOCC2)cc1F. The summed E-state index contributed by atoms with van der Waals surface area (Å²) in [6, 6.07) is 10.2. The van der Waals surface area contributed by atoms with E-state index in [-0.39, 0.29) is 11.7 Å². The van der Waals surface area contributed by atoms with Gasteiger partial charge in [-0.25, -0.2) is 9.37 Å². The van der Waals surface area contributed by atoms with Gasteiger partial charge in [0.15, 0.2) is 5.69 Å². The molecule has 1 saturated heterocycles. The molecule has 6 rings (SSSR count). The van der Waals surface area contributed by atoms with Crippen LogP contribution < -0.4 is 9.80 Å². The summed E-state index contributed by atoms with van der Waals surface area (Å²) < 4.78 is 22.8. The number of aromatic nitrogens is 4. The quantitative estimate of drug-likeness (QED) is 0.522. The lowest BCUT2D eigenvalue weighted by atomic mass is 9.97. The fourth-order valence-electron chi connectivity index (χ4n) is 4.86. The van der Waals surface area contributed by atoms with Crippen LogP contribution in [0.25, 0.3) is 11.0 Å². The minimum Gasteiger partial charge on any atom is -0.378 e. The molecule has 168 valence electrons. The highest BCUT2D eigenvalue weighted by atomic mass is 19.1. The van der Waals surface area contributed by atoms with Gasteiger partial charge in [-0.3, -0.25) is 14.4 Å². The molecule has 0 saturated carbocycles. The number of fused-ring (bicyclic) bond motifs is 2. The number of halogens is 1. The van der Waals surface area contributed by atoms with Crippen molar-refractivity contribution in [3.63, 3.8) is 0 Å². The van der Waals surface area contributed by atoms with E-state index in [9.17, 15) is 4.79 Å². The maximum Gasteiger partial charge on any atom is 0.280 e. The third-order valence-electron chi connectivity index (χ3n) is 6.67. The van der Waals surface area contributed by atoms with Gasteiger partial charge in [0.2, 0.25) is 0 Å². The van der Waals surface area contributed by atoms with Crippen molar-refractivity contribution in [2.24, 2.45) is 7.05 Å². The summed E-state index contributed by atoms with van der Waals surface area (Å²) in [7, 11) is 1.80. The number of aromatic amines is 1. The largest absolute Gasteiger partial charge is 0.378 e. The van der Waals surface area contributed by atoms with Crippen molar-refractivity contribution in [1.29, 1.82) is 0 Å². The van der Waals surface area contributed by atoms with Crippen LogP contribution in [0.3, 0.4) is 0 Å². The molecule has 1 amide bonds. The number of imidazole rings is 1. The van der Waals surface area contributed by atoms with Gasteiger partial charge in [-0.05, 0) is 37.3 Å². The summed E-state index contributed by atoms with van der Waals surface area (Å²) >= 11 is 0. The minimum atomic E-state index is -0.615. The molecule has 2 aromatic carbocycles. The van der Waals surface area contributed by atoms with Crippen molar-refractivity contribution in [2.45, 2.75) is 13.0 Å². The van der Waals surface area contributed by atoms with Gasteiger partial charge >= 0.3 is 0 Å². The van der Waals surface area contributed by atoms with Gasteiger partial charge in [0, 0.05) is 48.3 Å². The zero-order valence-electron chi connectivity index (χ0n) is 18.4. The first-order valence-corrected chi connectivity index (χ1v) is 11.0. The molecule has 0 bridgehead atoms. The van der Waals surface area contributed by atoms with Crippen LogP contribution in [0.15, 0.2) is 42.7 Å². The van der Waals surface area contributed by atoms with Crippen LogP contribution in [0.2, 0.25) is 0 Å². The molecule has 1 atom stereocenters. The van der Waals surface area contributed by atoms with E-state index >= 15 is 4.39 Å². The van der Waals surface area contributed by atoms with Gasteiger partial charge in [0.05, 0.1) is 36.6 Å². The number of anilines is 2. The Kier molecular flexibility index (Phi) is 4.48. The van der Waals surface area contributed by atoms with E-state index in [4.69, 9.17) is 4.74 Å². The molecule has 0 spiro atoms. The van der Waals surface area contributed by atoms with Crippen LogP contribution in [0.1, 0.15) is 33.4 Å². The molecule has 4 heterocycles. The lowest BCUT2D eigenvalue weighted by Crippen LogP contribution is -2.36. The summed E-state index contributed by atoms with van der Waals surface area (Å²) in [4.78, 5) is 24.6. The van der Waals surface area contributed by atoms with Crippen LogP contribution in [-0.2, 0) is 11.8 Å². The van der Waals surface area contributed by atoms with Crippen molar-refractivity contribution in [1.82, 2.24) is 19.7 Å². The number of rotatable bonds is 3. The standard InChI is InChI=1S/C24H23FN6O2/c1-14-21-22(28-29(14)2)24(32)31(16-4-6-19-20(12-16)27-13-26-19)23(21)17-5-3-15(11-18(17)25)30-7-9-33-10-8-30/h3-6,11-13,23H,7-10H2,1-2H3,(H,26,27). The van der Waals surface area contributed by atoms with Gasteiger partial charge in [-0.2, -0.15) is 5.10 Å². The van der Waals surface area contributed by atoms with Gasteiger partial charge in [0.1, 0.15) is 5.82 Å². The predicted octanol–water partition coefficient (Wildman–Crippen LogP) is 3.33. The monoisotopic (exact) mass is 446 g/mol. The zero-order valence-corrected chi connectivity index (χ0v) is 18.4. The third kappa shape index (κ3) is 3.03. The summed E-state index contributed by atoms with van der Waals surface area (Å²) in [5, 5.41) is 4.46. The number of H-pyrrole nitrogens is 1. The summed E-state index contributed by atoms with van der Waals surface area (Å²) in [6.07, 6.45) is 1.61. The fraction of sp³-hybridized carbons (Fsp3) is 0.292. The van der Waals surface area contributed by atoms with Crippen molar-refractivity contribution >= 4 is 28.3 Å². The Morgan fingerprint density at radius 3 is 2.70 bits per heavy atom. The van der Waals surface area contributed by atoms with Crippen LogP contribution in [-0.4, -0.2) is 52.0 Å². The molecule has 33 heavy (non-hydrogen) atoms. The van der Waals surface area contributed by atoms with Crippen molar-refractivity contribution < 1.29 is 13.9 Å². The molecule has 2 aliphatic heterocycles. The average molecular weight is 446 g/mol. The molecular formula is C24H23FN6O2. The van der Waals surface area contributed by atoms with Gasteiger partial charge in [0.25, 0.3) is 5.91 Å². The highest BCUT2D eigenvalue weighted by Crippen LogP contribution is 2.44. The number of hydrogen-bond acceptors (Lipinski definition) is 5. The second kappa shape index (κ2) is 7.41. The van der Waals surface area contributed by atoms with E-state index in [2.05, 4.69) is 20.0 Å². The molecule has 2 aliphatic rings. The molecule has 0 aliphatic carbocycles. The number of carbonyl (C=O) groups excluding carboxylic acids is 1. The van der Waals surface area contributed by atoms with Gasteiger partial charge in [-0.15, -0.1) is 0 Å². The third-order valence-corrected chi connectivity index (χ3v) is 6.67. The number of benzene rings is 2. The zero-order chi connectivity index (χ0) is 22.7. The average Bonchev–Trinajstić information content (AvgIpc) is 3.49. The van der Waals surface area contributed by atoms with Crippen molar-refractivity contribution in [3.8, 4) is 0 Å². The van der Waals surface area contributed by atoms with E-state index in [1.54, 1.807) is 35.1 Å². The number of ether oxygens (including phenoxy) is 1. The van der Waals surface area contributed by atoms with E-state index in [0.29, 0.717) is 30.2 Å². The van der Waals surface area contributed by atoms with Crippen LogP contribution >= 0.6 is 0 Å². The molecule has 0 radical (unpaired) electrons. The maximum atomic E-state index is 15.7. The number of amides is 1. The normalized spacial score (nSPS) is 18.4. The number of carbonyl (C=O) groups is 1. The Labute approximate surface area is 189 Å². The fourth-order valence-corrected chi connectivity index (χ4v) is 4.86. The molecule has 1 N–H and O–H groups in total. The molecule has 1 unspecified atom stereocenters. The second-order valence-electron chi connectivity index (χ2n) is 8.46. The number of aryl methyl sites for hydroxylation is 1. The minimum absolute atomic E-state index is 0.245. The lowest BCUT2D eigenvalue weighted by molar-refractivity contribution is 0.0987. The van der Waals surface area contributed by atoms with Crippen LogP contribution in [0.4, 0.5) is 15.8 Å². The van der Waals surface area contributed by atoms with Crippen molar-refractivity contribution in [3.05, 3.63) is 71.1 Å². The molecule has 4 aromatic rings. The molecule has 2 aromatic heterocycles. The highest BCUT2D eigenvalue weighted by molar-refractivity contribution is 6.11. The van der Waals surface area contributed by atoms with Crippen LogP contribution in [0.5, 0.6) is 0 Å². The lowest BCUT2D eigenvalue weighted by Gasteiger charge is -2.30. The number of hydrogen-bond donors (Lipinski definition) is 1. The summed E-state index contributed by atoms with van der Waals surface area (Å²) in [5.74, 6) is -0.594. The Balaban J connectivity index is 1.48. The Bertz CT molecular complexity index is 1390. The number of nitrogens with zero attached hydrogens (tertiary/aromatic N) is 5. The molecule has 1 fully saturated rings. The van der Waals surface area contributed by atoms with E-state index in [1.807, 2.05) is 31.2 Å². The predicted molar refractivity (Wildman–Crippen MR) is 122 cm³/mol. The molecule has 9 heteroatoms. The van der Waals surface area contributed by atoms with Crippen molar-refractivity contribution in [2.75, 3.05) is 36.1 Å². The smallest absolute Gasteiger partial charge is 0.280 e. The summed E-state index contributed by atoms with van der Waals surface area (Å²) in [5.41, 5.74) is 5.46. The molecular weight excluding hydrogens is 423 g/mol. The number of nitrogens with one attached hydrogen (secondary N) is 1. The highest BCUT2D eigenvalue weighted by Gasteiger charge is 2.44. The first-order chi connectivity index (χ1) is 16.0. The maximum absolute atomic E-state index is 15.7. The van der Waals surface area contributed by atoms with E-state index in [1.165, 1.54) is 0 Å². The van der Waals surface area contributed by atoms with E-state index < -0.39 is 6.04 Å². The first-order valence-electron chi connectivity index (χ1n) is 11.0. The van der Waals surface area contributed by atoms with Gasteiger partial charge in [-0.1, -0.05) is 6.07 Å². The summed E-state index contributed by atoms with van der Waals surface area (Å²) in [6.45, 7) is 4.61. The molecule has 8 nitrogen and oxygen atoms in total. The second-order valence-corrected chi connectivity index (χ2v) is 8.46. The van der Waals surface area contributed by atoms with Gasteiger partial charge < -0.3 is 14.6 Å². The Morgan fingerprint density at radius 1 is 1.12 bits per heavy atom.